The highest BCUT2D eigenvalue weighted by atomic mass is 32.2. The molecule has 22 heavy (non-hydrogen) atoms. The molecule has 1 aliphatic heterocycles. The third-order valence-corrected chi connectivity index (χ3v) is 5.62. The molecule has 0 spiro atoms. The van der Waals surface area contributed by atoms with Gasteiger partial charge in [-0.15, -0.1) is 0 Å². The van der Waals surface area contributed by atoms with Gasteiger partial charge in [0, 0.05) is 40.0 Å². The zero-order chi connectivity index (χ0) is 16.5. The molecule has 0 N–H and O–H groups in total. The van der Waals surface area contributed by atoms with E-state index in [4.69, 9.17) is 4.74 Å². The van der Waals surface area contributed by atoms with Crippen LogP contribution in [0.15, 0.2) is 20.7 Å². The average Bonchev–Trinajstić information content (AvgIpc) is 2.49. The van der Waals surface area contributed by atoms with Gasteiger partial charge in [0.15, 0.2) is 4.90 Å². The van der Waals surface area contributed by atoms with Gasteiger partial charge in [-0.25, -0.2) is 13.2 Å². The van der Waals surface area contributed by atoms with Crippen LogP contribution >= 0.6 is 0 Å². The van der Waals surface area contributed by atoms with Crippen LogP contribution in [-0.4, -0.2) is 47.7 Å². The minimum atomic E-state index is -3.95. The summed E-state index contributed by atoms with van der Waals surface area (Å²) in [6, 6.07) is 0. The molecular formula is C13H21N3O5S. The number of hydrogen-bond acceptors (Lipinski definition) is 5. The van der Waals surface area contributed by atoms with E-state index in [1.807, 2.05) is 6.92 Å². The van der Waals surface area contributed by atoms with Crippen LogP contribution in [0.1, 0.15) is 19.8 Å². The molecule has 0 saturated carbocycles. The minimum Gasteiger partial charge on any atom is -0.377 e. The van der Waals surface area contributed by atoms with Crippen LogP contribution in [-0.2, 0) is 28.9 Å². The van der Waals surface area contributed by atoms with E-state index in [1.54, 1.807) is 0 Å². The lowest BCUT2D eigenvalue weighted by Crippen LogP contribution is -2.47. The summed E-state index contributed by atoms with van der Waals surface area (Å²) in [4.78, 5) is 23.5. The number of rotatable bonds is 4. The molecule has 1 fully saturated rings. The summed E-state index contributed by atoms with van der Waals surface area (Å²) in [5, 5.41) is 0. The van der Waals surface area contributed by atoms with Gasteiger partial charge < -0.3 is 9.30 Å². The second-order valence-electron chi connectivity index (χ2n) is 5.33. The van der Waals surface area contributed by atoms with Gasteiger partial charge in [0.05, 0.1) is 6.10 Å². The van der Waals surface area contributed by atoms with Crippen LogP contribution in [0.4, 0.5) is 0 Å². The molecule has 0 radical (unpaired) electrons. The van der Waals surface area contributed by atoms with Crippen molar-refractivity contribution in [2.24, 2.45) is 14.1 Å². The fraction of sp³-hybridized carbons (Fsp3) is 0.692. The molecule has 124 valence electrons. The van der Waals surface area contributed by atoms with Crippen molar-refractivity contribution in [3.63, 3.8) is 0 Å². The van der Waals surface area contributed by atoms with E-state index >= 15 is 0 Å². The van der Waals surface area contributed by atoms with E-state index in [0.29, 0.717) is 19.6 Å². The number of sulfonamides is 1. The van der Waals surface area contributed by atoms with Gasteiger partial charge in [-0.05, 0) is 19.8 Å². The Balaban J connectivity index is 2.43. The molecule has 1 saturated heterocycles. The fourth-order valence-corrected chi connectivity index (χ4v) is 4.25. The van der Waals surface area contributed by atoms with Crippen LogP contribution < -0.4 is 11.2 Å². The highest BCUT2D eigenvalue weighted by Crippen LogP contribution is 2.19. The van der Waals surface area contributed by atoms with Crippen LogP contribution in [0.3, 0.4) is 0 Å². The van der Waals surface area contributed by atoms with E-state index < -0.39 is 21.3 Å². The Morgan fingerprint density at radius 3 is 2.64 bits per heavy atom. The summed E-state index contributed by atoms with van der Waals surface area (Å²) in [6.45, 7) is 2.94. The zero-order valence-corrected chi connectivity index (χ0v) is 13.8. The molecule has 0 bridgehead atoms. The van der Waals surface area contributed by atoms with Gasteiger partial charge in [-0.1, -0.05) is 0 Å². The van der Waals surface area contributed by atoms with Gasteiger partial charge in [-0.2, -0.15) is 4.31 Å². The molecule has 0 amide bonds. The van der Waals surface area contributed by atoms with E-state index in [2.05, 4.69) is 0 Å². The Morgan fingerprint density at radius 2 is 2.00 bits per heavy atom. The standard InChI is InChI=1S/C13H21N3O5S/c1-4-21-10-6-5-7-16(8-10)22(19,20)11-9-14(2)13(18)15(3)12(11)17/h9-10H,4-8H2,1-3H3/t10-/m1/s1. The lowest BCUT2D eigenvalue weighted by Gasteiger charge is -2.31. The Morgan fingerprint density at radius 1 is 1.32 bits per heavy atom. The fourth-order valence-electron chi connectivity index (χ4n) is 2.59. The summed E-state index contributed by atoms with van der Waals surface area (Å²) in [7, 11) is -1.26. The third kappa shape index (κ3) is 3.01. The SMILES string of the molecule is CCO[C@@H]1CCCN(S(=O)(=O)c2cn(C)c(=O)n(C)c2=O)C1. The van der Waals surface area contributed by atoms with Crippen molar-refractivity contribution in [1.82, 2.24) is 13.4 Å². The highest BCUT2D eigenvalue weighted by molar-refractivity contribution is 7.89. The largest absolute Gasteiger partial charge is 0.377 e. The van der Waals surface area contributed by atoms with Crippen LogP contribution in [0.5, 0.6) is 0 Å². The Kier molecular flexibility index (Phi) is 4.88. The summed E-state index contributed by atoms with van der Waals surface area (Å²) in [5.74, 6) is 0. The zero-order valence-electron chi connectivity index (χ0n) is 13.0. The van der Waals surface area contributed by atoms with Gasteiger partial charge in [0.1, 0.15) is 0 Å². The maximum absolute atomic E-state index is 12.7. The molecule has 0 aromatic carbocycles. The number of ether oxygens (including phenoxy) is 1. The quantitative estimate of drug-likeness (QED) is 0.726. The molecule has 9 heteroatoms. The Labute approximate surface area is 129 Å². The van der Waals surface area contributed by atoms with Gasteiger partial charge >= 0.3 is 5.69 Å². The first kappa shape index (κ1) is 16.9. The van der Waals surface area contributed by atoms with Crippen molar-refractivity contribution >= 4 is 10.0 Å². The maximum atomic E-state index is 12.7. The number of aryl methyl sites for hydroxylation is 1. The normalized spacial score (nSPS) is 20.2. The average molecular weight is 331 g/mol. The van der Waals surface area contributed by atoms with Gasteiger partial charge in [0.2, 0.25) is 10.0 Å². The molecule has 2 rings (SSSR count). The van der Waals surface area contributed by atoms with E-state index in [0.717, 1.165) is 21.8 Å². The summed E-state index contributed by atoms with van der Waals surface area (Å²) < 4.78 is 34.1. The van der Waals surface area contributed by atoms with E-state index in [-0.39, 0.29) is 17.5 Å². The predicted octanol–water partition coefficient (Wildman–Crippen LogP) is -0.726. The summed E-state index contributed by atoms with van der Waals surface area (Å²) in [5.41, 5.74) is -1.36. The van der Waals surface area contributed by atoms with E-state index in [1.165, 1.54) is 18.4 Å². The number of aromatic nitrogens is 2. The van der Waals surface area contributed by atoms with Crippen molar-refractivity contribution in [3.8, 4) is 0 Å². The summed E-state index contributed by atoms with van der Waals surface area (Å²) in [6.07, 6.45) is 2.40. The Bertz CT molecular complexity index is 763. The van der Waals surface area contributed by atoms with Crippen LogP contribution in [0.2, 0.25) is 0 Å². The lowest BCUT2D eigenvalue weighted by molar-refractivity contribution is 0.0264. The molecule has 1 aromatic rings. The first-order valence-corrected chi connectivity index (χ1v) is 8.61. The first-order chi connectivity index (χ1) is 10.3. The molecule has 1 aromatic heterocycles. The Hall–Kier alpha value is -1.45. The maximum Gasteiger partial charge on any atom is 0.330 e. The van der Waals surface area contributed by atoms with Crippen LogP contribution in [0.25, 0.3) is 0 Å². The highest BCUT2D eigenvalue weighted by Gasteiger charge is 2.33. The number of nitrogens with zero attached hydrogens (tertiary/aromatic N) is 3. The third-order valence-electron chi connectivity index (χ3n) is 3.78. The topological polar surface area (TPSA) is 90.6 Å². The second kappa shape index (κ2) is 6.35. The molecule has 1 atom stereocenters. The minimum absolute atomic E-state index is 0.162. The monoisotopic (exact) mass is 331 g/mol. The first-order valence-electron chi connectivity index (χ1n) is 7.17. The van der Waals surface area contributed by atoms with E-state index in [9.17, 15) is 18.0 Å². The van der Waals surface area contributed by atoms with Crippen LogP contribution in [0, 0.1) is 0 Å². The lowest BCUT2D eigenvalue weighted by atomic mass is 10.1. The van der Waals surface area contributed by atoms with Crippen molar-refractivity contribution < 1.29 is 13.2 Å². The molecule has 0 unspecified atom stereocenters. The number of hydrogen-bond donors (Lipinski definition) is 0. The molecule has 0 aliphatic carbocycles. The van der Waals surface area contributed by atoms with Crippen molar-refractivity contribution in [2.75, 3.05) is 19.7 Å². The molecule has 2 heterocycles. The van der Waals surface area contributed by atoms with Gasteiger partial charge in [-0.3, -0.25) is 9.36 Å². The second-order valence-corrected chi connectivity index (χ2v) is 7.24. The van der Waals surface area contributed by atoms with Gasteiger partial charge in [0.25, 0.3) is 5.56 Å². The predicted molar refractivity (Wildman–Crippen MR) is 80.3 cm³/mol. The molecule has 8 nitrogen and oxygen atoms in total. The summed E-state index contributed by atoms with van der Waals surface area (Å²) >= 11 is 0. The smallest absolute Gasteiger partial charge is 0.330 e. The molecular weight excluding hydrogens is 310 g/mol. The van der Waals surface area contributed by atoms with Crippen molar-refractivity contribution in [3.05, 3.63) is 27.0 Å². The molecule has 1 aliphatic rings. The van der Waals surface area contributed by atoms with Crippen molar-refractivity contribution in [1.29, 1.82) is 0 Å². The van der Waals surface area contributed by atoms with Crippen molar-refractivity contribution in [2.45, 2.75) is 30.8 Å². The number of piperidine rings is 1.